The van der Waals surface area contributed by atoms with E-state index in [0.717, 1.165) is 23.4 Å². The Kier molecular flexibility index (Phi) is 4.29. The second-order valence-corrected chi connectivity index (χ2v) is 8.15. The van der Waals surface area contributed by atoms with Gasteiger partial charge in [0.05, 0.1) is 17.1 Å². The predicted octanol–water partition coefficient (Wildman–Crippen LogP) is 2.72. The lowest BCUT2D eigenvalue weighted by atomic mass is 10.2. The number of hydrogen-bond acceptors (Lipinski definition) is 4. The molecule has 26 heavy (non-hydrogen) atoms. The lowest BCUT2D eigenvalue weighted by molar-refractivity contribution is 0.428. The molecule has 2 aromatic carbocycles. The van der Waals surface area contributed by atoms with Crippen LogP contribution in [0.25, 0.3) is 11.3 Å². The summed E-state index contributed by atoms with van der Waals surface area (Å²) in [4.78, 5) is 0.100. The maximum absolute atomic E-state index is 13.1. The molecule has 0 aliphatic carbocycles. The van der Waals surface area contributed by atoms with Gasteiger partial charge >= 0.3 is 0 Å². The SMILES string of the molecule is O=S(=O)(c1ccc(F)cc1)N1CCC(n2cc(-c3ccccc3)nn2)C1. The van der Waals surface area contributed by atoms with Crippen molar-refractivity contribution in [2.24, 2.45) is 0 Å². The number of aromatic nitrogens is 3. The number of nitrogens with zero attached hydrogens (tertiary/aromatic N) is 4. The highest BCUT2D eigenvalue weighted by Gasteiger charge is 2.34. The first kappa shape index (κ1) is 16.9. The minimum absolute atomic E-state index is 0.0739. The van der Waals surface area contributed by atoms with Crippen LogP contribution in [0.15, 0.2) is 65.7 Å². The van der Waals surface area contributed by atoms with Crippen LogP contribution in [0.4, 0.5) is 4.39 Å². The minimum atomic E-state index is -3.64. The lowest BCUT2D eigenvalue weighted by Crippen LogP contribution is -2.29. The Bertz CT molecular complexity index is 1000. The summed E-state index contributed by atoms with van der Waals surface area (Å²) in [6.45, 7) is 0.711. The molecule has 8 heteroatoms. The molecule has 1 aliphatic rings. The summed E-state index contributed by atoms with van der Waals surface area (Å²) in [7, 11) is -3.64. The first-order valence-electron chi connectivity index (χ1n) is 8.27. The summed E-state index contributed by atoms with van der Waals surface area (Å²) < 4.78 is 41.6. The molecule has 1 atom stereocenters. The number of benzene rings is 2. The van der Waals surface area contributed by atoms with Gasteiger partial charge in [0.2, 0.25) is 10.0 Å². The number of rotatable bonds is 4. The molecule has 1 fully saturated rings. The van der Waals surface area contributed by atoms with Crippen LogP contribution in [0, 0.1) is 5.82 Å². The van der Waals surface area contributed by atoms with Crippen molar-refractivity contribution in [1.82, 2.24) is 19.3 Å². The van der Waals surface area contributed by atoms with E-state index in [1.165, 1.54) is 16.4 Å². The fraction of sp³-hybridized carbons (Fsp3) is 0.222. The quantitative estimate of drug-likeness (QED) is 0.706. The van der Waals surface area contributed by atoms with Crippen molar-refractivity contribution < 1.29 is 12.8 Å². The lowest BCUT2D eigenvalue weighted by Gasteiger charge is -2.16. The van der Waals surface area contributed by atoms with Gasteiger partial charge < -0.3 is 0 Å². The average molecular weight is 372 g/mol. The zero-order chi connectivity index (χ0) is 18.1. The van der Waals surface area contributed by atoms with E-state index in [1.54, 1.807) is 4.68 Å². The van der Waals surface area contributed by atoms with Crippen molar-refractivity contribution in [3.63, 3.8) is 0 Å². The van der Waals surface area contributed by atoms with Crippen LogP contribution >= 0.6 is 0 Å². The van der Waals surface area contributed by atoms with Crippen molar-refractivity contribution in [2.75, 3.05) is 13.1 Å². The molecule has 1 unspecified atom stereocenters. The molecule has 0 bridgehead atoms. The third kappa shape index (κ3) is 3.13. The standard InChI is InChI=1S/C18H17FN4O2S/c19-15-6-8-17(9-7-15)26(24,25)22-11-10-16(12-22)23-13-18(20-21-23)14-4-2-1-3-5-14/h1-9,13,16H,10-12H2. The smallest absolute Gasteiger partial charge is 0.243 e. The molecular formula is C18H17FN4O2S. The molecule has 134 valence electrons. The van der Waals surface area contributed by atoms with E-state index >= 15 is 0 Å². The van der Waals surface area contributed by atoms with Gasteiger partial charge in [0.15, 0.2) is 0 Å². The molecule has 0 N–H and O–H groups in total. The summed E-state index contributed by atoms with van der Waals surface area (Å²) in [6, 6.07) is 14.5. The fourth-order valence-electron chi connectivity index (χ4n) is 3.10. The van der Waals surface area contributed by atoms with Crippen molar-refractivity contribution in [2.45, 2.75) is 17.4 Å². The van der Waals surface area contributed by atoms with E-state index in [9.17, 15) is 12.8 Å². The number of halogens is 1. The third-order valence-electron chi connectivity index (χ3n) is 4.53. The second-order valence-electron chi connectivity index (χ2n) is 6.21. The van der Waals surface area contributed by atoms with Crippen LogP contribution in [0.5, 0.6) is 0 Å². The monoisotopic (exact) mass is 372 g/mol. The Morgan fingerprint density at radius 1 is 1.04 bits per heavy atom. The van der Waals surface area contributed by atoms with Crippen LogP contribution in [-0.4, -0.2) is 40.8 Å². The predicted molar refractivity (Wildman–Crippen MR) is 94.3 cm³/mol. The molecule has 0 radical (unpaired) electrons. The van der Waals surface area contributed by atoms with Crippen molar-refractivity contribution in [3.8, 4) is 11.3 Å². The van der Waals surface area contributed by atoms with Gasteiger partial charge in [-0.1, -0.05) is 35.5 Å². The van der Waals surface area contributed by atoms with E-state index in [1.807, 2.05) is 36.5 Å². The van der Waals surface area contributed by atoms with E-state index in [2.05, 4.69) is 10.3 Å². The second kappa shape index (κ2) is 6.62. The third-order valence-corrected chi connectivity index (χ3v) is 6.41. The zero-order valence-corrected chi connectivity index (χ0v) is 14.7. The largest absolute Gasteiger partial charge is 0.247 e. The molecule has 0 spiro atoms. The Morgan fingerprint density at radius 3 is 2.50 bits per heavy atom. The van der Waals surface area contributed by atoms with Crippen molar-refractivity contribution >= 4 is 10.0 Å². The van der Waals surface area contributed by atoms with Crippen LogP contribution in [-0.2, 0) is 10.0 Å². The Hall–Kier alpha value is -2.58. The van der Waals surface area contributed by atoms with Gasteiger partial charge in [-0.25, -0.2) is 17.5 Å². The molecule has 2 heterocycles. The van der Waals surface area contributed by atoms with Crippen LogP contribution in [0.2, 0.25) is 0 Å². The van der Waals surface area contributed by atoms with Crippen molar-refractivity contribution in [1.29, 1.82) is 0 Å². The minimum Gasteiger partial charge on any atom is -0.247 e. The summed E-state index contributed by atoms with van der Waals surface area (Å²) in [5, 5.41) is 8.36. The molecule has 0 saturated carbocycles. The van der Waals surface area contributed by atoms with Gasteiger partial charge in [0.25, 0.3) is 0 Å². The van der Waals surface area contributed by atoms with E-state index in [-0.39, 0.29) is 10.9 Å². The highest BCUT2D eigenvalue weighted by molar-refractivity contribution is 7.89. The fourth-order valence-corrected chi connectivity index (χ4v) is 4.59. The van der Waals surface area contributed by atoms with Crippen molar-refractivity contribution in [3.05, 3.63) is 66.6 Å². The molecule has 0 amide bonds. The topological polar surface area (TPSA) is 68.1 Å². The number of sulfonamides is 1. The van der Waals surface area contributed by atoms with Gasteiger partial charge in [-0.2, -0.15) is 4.31 Å². The van der Waals surface area contributed by atoms with E-state index in [4.69, 9.17) is 0 Å². The maximum atomic E-state index is 13.1. The van der Waals surface area contributed by atoms with Gasteiger partial charge in [-0.15, -0.1) is 5.10 Å². The maximum Gasteiger partial charge on any atom is 0.243 e. The summed E-state index contributed by atoms with van der Waals surface area (Å²) in [6.07, 6.45) is 2.49. The molecule has 1 aromatic heterocycles. The van der Waals surface area contributed by atoms with Crippen LogP contribution in [0.3, 0.4) is 0 Å². The average Bonchev–Trinajstić information content (AvgIpc) is 3.33. The first-order valence-corrected chi connectivity index (χ1v) is 9.71. The van der Waals surface area contributed by atoms with E-state index < -0.39 is 15.8 Å². The Morgan fingerprint density at radius 2 is 1.77 bits per heavy atom. The molecule has 6 nitrogen and oxygen atoms in total. The molecule has 1 aliphatic heterocycles. The van der Waals surface area contributed by atoms with E-state index in [0.29, 0.717) is 19.5 Å². The van der Waals surface area contributed by atoms with Crippen LogP contribution < -0.4 is 0 Å². The summed E-state index contributed by atoms with van der Waals surface area (Å²) in [5.41, 5.74) is 1.72. The summed E-state index contributed by atoms with van der Waals surface area (Å²) in [5.74, 6) is -0.459. The zero-order valence-electron chi connectivity index (χ0n) is 13.9. The Labute approximate surface area is 150 Å². The number of hydrogen-bond donors (Lipinski definition) is 0. The summed E-state index contributed by atoms with van der Waals surface area (Å²) >= 11 is 0. The van der Waals surface area contributed by atoms with Gasteiger partial charge in [-0.05, 0) is 30.7 Å². The van der Waals surface area contributed by atoms with Crippen LogP contribution in [0.1, 0.15) is 12.5 Å². The molecule has 1 saturated heterocycles. The molecular weight excluding hydrogens is 355 g/mol. The van der Waals surface area contributed by atoms with Gasteiger partial charge in [-0.3, -0.25) is 0 Å². The normalized spacial score (nSPS) is 18.3. The Balaban J connectivity index is 1.52. The van der Waals surface area contributed by atoms with Gasteiger partial charge in [0.1, 0.15) is 11.5 Å². The van der Waals surface area contributed by atoms with Gasteiger partial charge in [0, 0.05) is 18.7 Å². The highest BCUT2D eigenvalue weighted by atomic mass is 32.2. The highest BCUT2D eigenvalue weighted by Crippen LogP contribution is 2.28. The molecule has 3 aromatic rings. The first-order chi connectivity index (χ1) is 12.5. The molecule has 4 rings (SSSR count).